The van der Waals surface area contributed by atoms with Gasteiger partial charge in [-0.25, -0.2) is 0 Å². The van der Waals surface area contributed by atoms with E-state index in [0.29, 0.717) is 12.1 Å². The number of carbonyl (C=O) groups excluding carboxylic acids is 1. The fourth-order valence-corrected chi connectivity index (χ4v) is 4.89. The summed E-state index contributed by atoms with van der Waals surface area (Å²) < 4.78 is 0. The molecule has 1 aliphatic heterocycles. The van der Waals surface area contributed by atoms with Crippen molar-refractivity contribution >= 4 is 5.91 Å². The Morgan fingerprint density at radius 2 is 1.70 bits per heavy atom. The first-order valence-corrected chi connectivity index (χ1v) is 8.68. The standard InChI is InChI=1S/C17H30N2O/c1-11-7-12(2)9-14(8-11)18-17(20)16-10-13-5-3-4-6-15(13)19-16/h11-16,19H,3-10H2,1-2H3,(H,18,20). The molecule has 3 fully saturated rings. The van der Waals surface area contributed by atoms with Crippen LogP contribution in [0.25, 0.3) is 0 Å². The van der Waals surface area contributed by atoms with Crippen LogP contribution in [0.2, 0.25) is 0 Å². The largest absolute Gasteiger partial charge is 0.352 e. The highest BCUT2D eigenvalue weighted by Gasteiger charge is 2.39. The minimum Gasteiger partial charge on any atom is -0.352 e. The Bertz CT molecular complexity index is 333. The van der Waals surface area contributed by atoms with Crippen molar-refractivity contribution in [3.05, 3.63) is 0 Å². The number of nitrogens with one attached hydrogen (secondary N) is 2. The first-order chi connectivity index (χ1) is 9.61. The minimum atomic E-state index is 0.0793. The lowest BCUT2D eigenvalue weighted by atomic mass is 9.80. The predicted octanol–water partition coefficient (Wildman–Crippen LogP) is 2.85. The molecule has 0 aromatic heterocycles. The van der Waals surface area contributed by atoms with E-state index in [1.165, 1.54) is 32.1 Å². The summed E-state index contributed by atoms with van der Waals surface area (Å²) in [5, 5.41) is 6.92. The van der Waals surface area contributed by atoms with E-state index in [4.69, 9.17) is 0 Å². The van der Waals surface area contributed by atoms with Gasteiger partial charge in [-0.15, -0.1) is 0 Å². The predicted molar refractivity (Wildman–Crippen MR) is 81.4 cm³/mol. The molecule has 0 bridgehead atoms. The summed E-state index contributed by atoms with van der Waals surface area (Å²) in [5.41, 5.74) is 0. The Hall–Kier alpha value is -0.570. The van der Waals surface area contributed by atoms with Gasteiger partial charge in [-0.3, -0.25) is 4.79 Å². The molecule has 20 heavy (non-hydrogen) atoms. The maximum atomic E-state index is 12.5. The van der Waals surface area contributed by atoms with E-state index in [2.05, 4.69) is 24.5 Å². The van der Waals surface area contributed by atoms with Crippen molar-refractivity contribution < 1.29 is 4.79 Å². The molecule has 1 heterocycles. The Labute approximate surface area is 123 Å². The fourth-order valence-electron chi connectivity index (χ4n) is 4.89. The van der Waals surface area contributed by atoms with Crippen molar-refractivity contribution in [2.75, 3.05) is 0 Å². The van der Waals surface area contributed by atoms with Gasteiger partial charge in [0, 0.05) is 12.1 Å². The van der Waals surface area contributed by atoms with E-state index in [-0.39, 0.29) is 11.9 Å². The van der Waals surface area contributed by atoms with Crippen LogP contribution in [0, 0.1) is 17.8 Å². The molecule has 3 rings (SSSR count). The first kappa shape index (κ1) is 14.4. The van der Waals surface area contributed by atoms with Gasteiger partial charge in [0.25, 0.3) is 0 Å². The topological polar surface area (TPSA) is 41.1 Å². The van der Waals surface area contributed by atoms with Gasteiger partial charge in [-0.1, -0.05) is 26.7 Å². The van der Waals surface area contributed by atoms with Crippen LogP contribution >= 0.6 is 0 Å². The zero-order valence-electron chi connectivity index (χ0n) is 13.0. The van der Waals surface area contributed by atoms with Gasteiger partial charge in [0.2, 0.25) is 5.91 Å². The monoisotopic (exact) mass is 278 g/mol. The Morgan fingerprint density at radius 3 is 2.40 bits per heavy atom. The average molecular weight is 278 g/mol. The van der Waals surface area contributed by atoms with Crippen LogP contribution in [-0.4, -0.2) is 24.0 Å². The lowest BCUT2D eigenvalue weighted by Crippen LogP contribution is -2.48. The Balaban J connectivity index is 1.52. The normalized spacial score (nSPS) is 44.9. The summed E-state index contributed by atoms with van der Waals surface area (Å²) in [6.07, 6.45) is 9.98. The molecule has 2 N–H and O–H groups in total. The molecule has 3 aliphatic rings. The molecule has 3 nitrogen and oxygen atoms in total. The second-order valence-electron chi connectivity index (χ2n) is 7.73. The van der Waals surface area contributed by atoms with Crippen molar-refractivity contribution in [2.24, 2.45) is 17.8 Å². The summed E-state index contributed by atoms with van der Waals surface area (Å²) in [4.78, 5) is 12.5. The number of hydrogen-bond acceptors (Lipinski definition) is 2. The molecular weight excluding hydrogens is 248 g/mol. The van der Waals surface area contributed by atoms with Crippen molar-refractivity contribution in [1.29, 1.82) is 0 Å². The lowest BCUT2D eigenvalue weighted by molar-refractivity contribution is -0.124. The maximum absolute atomic E-state index is 12.5. The van der Waals surface area contributed by atoms with E-state index in [1.54, 1.807) is 0 Å². The van der Waals surface area contributed by atoms with Crippen LogP contribution in [0.5, 0.6) is 0 Å². The third-order valence-electron chi connectivity index (χ3n) is 5.70. The molecule has 0 aromatic rings. The average Bonchev–Trinajstić information content (AvgIpc) is 2.81. The second-order valence-corrected chi connectivity index (χ2v) is 7.73. The van der Waals surface area contributed by atoms with Gasteiger partial charge in [-0.2, -0.15) is 0 Å². The molecule has 0 radical (unpaired) electrons. The number of carbonyl (C=O) groups is 1. The smallest absolute Gasteiger partial charge is 0.237 e. The van der Waals surface area contributed by atoms with Gasteiger partial charge in [-0.05, 0) is 56.3 Å². The van der Waals surface area contributed by atoms with Crippen molar-refractivity contribution in [3.63, 3.8) is 0 Å². The highest BCUT2D eigenvalue weighted by molar-refractivity contribution is 5.82. The quantitative estimate of drug-likeness (QED) is 0.815. The van der Waals surface area contributed by atoms with Gasteiger partial charge in [0.15, 0.2) is 0 Å². The number of fused-ring (bicyclic) bond motifs is 1. The van der Waals surface area contributed by atoms with E-state index < -0.39 is 0 Å². The highest BCUT2D eigenvalue weighted by atomic mass is 16.2. The SMILES string of the molecule is CC1CC(C)CC(NC(=O)C2CC3CCCCC3N2)C1. The summed E-state index contributed by atoms with van der Waals surface area (Å²) in [6.45, 7) is 4.63. The van der Waals surface area contributed by atoms with E-state index in [0.717, 1.165) is 37.0 Å². The van der Waals surface area contributed by atoms with Crippen LogP contribution in [0.1, 0.15) is 65.2 Å². The Morgan fingerprint density at radius 1 is 1.00 bits per heavy atom. The van der Waals surface area contributed by atoms with Crippen LogP contribution in [0.3, 0.4) is 0 Å². The maximum Gasteiger partial charge on any atom is 0.237 e. The third kappa shape index (κ3) is 3.19. The van der Waals surface area contributed by atoms with Gasteiger partial charge in [0.1, 0.15) is 0 Å². The van der Waals surface area contributed by atoms with Gasteiger partial charge in [0.05, 0.1) is 6.04 Å². The molecule has 0 aromatic carbocycles. The number of rotatable bonds is 2. The molecule has 2 aliphatic carbocycles. The molecule has 5 atom stereocenters. The molecule has 3 heteroatoms. The zero-order chi connectivity index (χ0) is 14.1. The summed E-state index contributed by atoms with van der Waals surface area (Å²) >= 11 is 0. The molecule has 1 saturated heterocycles. The summed E-state index contributed by atoms with van der Waals surface area (Å²) in [5.74, 6) is 2.53. The molecule has 2 saturated carbocycles. The van der Waals surface area contributed by atoms with Crippen LogP contribution < -0.4 is 10.6 Å². The third-order valence-corrected chi connectivity index (χ3v) is 5.70. The lowest BCUT2D eigenvalue weighted by Gasteiger charge is -2.32. The molecule has 114 valence electrons. The first-order valence-electron chi connectivity index (χ1n) is 8.68. The van der Waals surface area contributed by atoms with E-state index in [1.807, 2.05) is 0 Å². The van der Waals surface area contributed by atoms with Crippen LogP contribution in [0.15, 0.2) is 0 Å². The van der Waals surface area contributed by atoms with Crippen molar-refractivity contribution in [1.82, 2.24) is 10.6 Å². The van der Waals surface area contributed by atoms with E-state index in [9.17, 15) is 4.79 Å². The van der Waals surface area contributed by atoms with Crippen molar-refractivity contribution in [3.8, 4) is 0 Å². The van der Waals surface area contributed by atoms with Gasteiger partial charge >= 0.3 is 0 Å². The van der Waals surface area contributed by atoms with E-state index >= 15 is 0 Å². The number of hydrogen-bond donors (Lipinski definition) is 2. The second kappa shape index (κ2) is 6.05. The summed E-state index contributed by atoms with van der Waals surface area (Å²) in [6, 6.07) is 1.10. The summed E-state index contributed by atoms with van der Waals surface area (Å²) in [7, 11) is 0. The van der Waals surface area contributed by atoms with Crippen LogP contribution in [0.4, 0.5) is 0 Å². The molecule has 1 amide bonds. The Kier molecular flexibility index (Phi) is 4.34. The minimum absolute atomic E-state index is 0.0793. The zero-order valence-corrected chi connectivity index (χ0v) is 13.0. The molecule has 5 unspecified atom stereocenters. The highest BCUT2D eigenvalue weighted by Crippen LogP contribution is 2.34. The molecular formula is C17H30N2O. The van der Waals surface area contributed by atoms with Gasteiger partial charge < -0.3 is 10.6 Å². The number of amides is 1. The molecule has 0 spiro atoms. The van der Waals surface area contributed by atoms with Crippen LogP contribution in [-0.2, 0) is 4.79 Å². The fraction of sp³-hybridized carbons (Fsp3) is 0.941. The van der Waals surface area contributed by atoms with Crippen molar-refractivity contribution in [2.45, 2.75) is 83.3 Å².